The third-order valence-corrected chi connectivity index (χ3v) is 1.93. The van der Waals surface area contributed by atoms with Crippen LogP contribution in [0.15, 0.2) is 0 Å². The number of hydrogen-bond acceptors (Lipinski definition) is 7. The lowest BCUT2D eigenvalue weighted by Crippen LogP contribution is -2.49. The zero-order valence-corrected chi connectivity index (χ0v) is 7.93. The molecule has 1 unspecified atom stereocenters. The SMILES string of the molecule is CC(CC([N+](=O)[O-])[N+](=O)[O-])(C(=O)O)[N+](=O)[O-]. The van der Waals surface area contributed by atoms with E-state index in [2.05, 4.69) is 0 Å². The van der Waals surface area contributed by atoms with Crippen molar-refractivity contribution < 1.29 is 24.7 Å². The molecular formula is C5H7N3O8. The highest BCUT2D eigenvalue weighted by atomic mass is 16.7. The Balaban J connectivity index is 5.16. The lowest BCUT2D eigenvalue weighted by molar-refractivity contribution is -0.750. The fraction of sp³-hybridized carbons (Fsp3) is 0.800. The van der Waals surface area contributed by atoms with E-state index in [1.165, 1.54) is 0 Å². The quantitative estimate of drug-likeness (QED) is 0.362. The summed E-state index contributed by atoms with van der Waals surface area (Å²) in [4.78, 5) is 37.4. The molecule has 90 valence electrons. The topological polar surface area (TPSA) is 167 Å². The van der Waals surface area contributed by atoms with Gasteiger partial charge in [-0.15, -0.1) is 0 Å². The Morgan fingerprint density at radius 3 is 1.81 bits per heavy atom. The molecule has 0 saturated carbocycles. The van der Waals surface area contributed by atoms with Gasteiger partial charge in [-0.1, -0.05) is 0 Å². The molecule has 11 heteroatoms. The van der Waals surface area contributed by atoms with E-state index in [0.717, 1.165) is 0 Å². The number of nitro groups is 3. The van der Waals surface area contributed by atoms with Crippen molar-refractivity contribution >= 4 is 5.97 Å². The molecule has 0 aromatic rings. The predicted octanol–water partition coefficient (Wildman–Crippen LogP) is -0.624. The van der Waals surface area contributed by atoms with E-state index in [1.807, 2.05) is 0 Å². The highest BCUT2D eigenvalue weighted by Crippen LogP contribution is 2.19. The summed E-state index contributed by atoms with van der Waals surface area (Å²) in [5, 5.41) is 39.4. The number of nitrogens with zero attached hydrogens (tertiary/aromatic N) is 3. The van der Waals surface area contributed by atoms with Crippen molar-refractivity contribution in [3.05, 3.63) is 30.3 Å². The molecule has 11 nitrogen and oxygen atoms in total. The van der Waals surface area contributed by atoms with Crippen LogP contribution in [0, 0.1) is 30.3 Å². The summed E-state index contributed by atoms with van der Waals surface area (Å²) in [6.07, 6.45) is -3.85. The molecule has 0 fully saturated rings. The fourth-order valence-electron chi connectivity index (χ4n) is 0.822. The lowest BCUT2D eigenvalue weighted by Gasteiger charge is -2.14. The fourth-order valence-corrected chi connectivity index (χ4v) is 0.822. The van der Waals surface area contributed by atoms with Gasteiger partial charge in [-0.2, -0.15) is 0 Å². The molecule has 1 atom stereocenters. The molecular weight excluding hydrogens is 230 g/mol. The van der Waals surface area contributed by atoms with Crippen LogP contribution in [0.2, 0.25) is 0 Å². The lowest BCUT2D eigenvalue weighted by atomic mass is 9.97. The summed E-state index contributed by atoms with van der Waals surface area (Å²) in [6, 6.07) is 0. The van der Waals surface area contributed by atoms with E-state index in [0.29, 0.717) is 6.92 Å². The van der Waals surface area contributed by atoms with Crippen LogP contribution < -0.4 is 0 Å². The van der Waals surface area contributed by atoms with Gasteiger partial charge in [0.15, 0.2) is 6.42 Å². The summed E-state index contributed by atoms with van der Waals surface area (Å²) < 4.78 is 0. The normalized spacial score (nSPS) is 14.1. The summed E-state index contributed by atoms with van der Waals surface area (Å²) in [7, 11) is 0. The Morgan fingerprint density at radius 2 is 1.62 bits per heavy atom. The second-order valence-corrected chi connectivity index (χ2v) is 3.09. The first-order chi connectivity index (χ1) is 7.12. The highest BCUT2D eigenvalue weighted by molar-refractivity contribution is 5.76. The van der Waals surface area contributed by atoms with Gasteiger partial charge in [0.05, 0.1) is 9.85 Å². The molecule has 0 saturated heterocycles. The molecule has 0 aromatic carbocycles. The number of carboxylic acids is 1. The Bertz CT molecular complexity index is 324. The van der Waals surface area contributed by atoms with Gasteiger partial charge in [0, 0.05) is 11.8 Å². The summed E-state index contributed by atoms with van der Waals surface area (Å²) >= 11 is 0. The molecule has 0 aliphatic heterocycles. The number of aliphatic carboxylic acids is 1. The Kier molecular flexibility index (Phi) is 3.81. The van der Waals surface area contributed by atoms with E-state index in [-0.39, 0.29) is 0 Å². The van der Waals surface area contributed by atoms with Gasteiger partial charge in [0.1, 0.15) is 0 Å². The third kappa shape index (κ3) is 2.59. The molecule has 0 bridgehead atoms. The molecule has 0 amide bonds. The van der Waals surface area contributed by atoms with Crippen molar-refractivity contribution in [3.8, 4) is 0 Å². The van der Waals surface area contributed by atoms with Crippen LogP contribution in [0.3, 0.4) is 0 Å². The highest BCUT2D eigenvalue weighted by Gasteiger charge is 2.55. The van der Waals surface area contributed by atoms with E-state index in [4.69, 9.17) is 5.11 Å². The Hall–Kier alpha value is -2.33. The van der Waals surface area contributed by atoms with E-state index >= 15 is 0 Å². The van der Waals surface area contributed by atoms with E-state index in [1.54, 1.807) is 0 Å². The van der Waals surface area contributed by atoms with Crippen molar-refractivity contribution in [2.75, 3.05) is 0 Å². The predicted molar refractivity (Wildman–Crippen MR) is 45.4 cm³/mol. The molecule has 0 aliphatic rings. The minimum Gasteiger partial charge on any atom is -0.476 e. The first kappa shape index (κ1) is 13.7. The molecule has 0 spiro atoms. The second-order valence-electron chi connectivity index (χ2n) is 3.09. The van der Waals surface area contributed by atoms with Crippen LogP contribution in [-0.4, -0.2) is 37.6 Å². The molecule has 0 rings (SSSR count). The van der Waals surface area contributed by atoms with Crippen LogP contribution in [0.5, 0.6) is 0 Å². The average molecular weight is 237 g/mol. The second kappa shape index (κ2) is 4.46. The molecule has 0 heterocycles. The number of hydrogen-bond donors (Lipinski definition) is 1. The van der Waals surface area contributed by atoms with Crippen molar-refractivity contribution in [2.45, 2.75) is 25.0 Å². The largest absolute Gasteiger partial charge is 0.476 e. The first-order valence-electron chi connectivity index (χ1n) is 3.77. The average Bonchev–Trinajstić information content (AvgIpc) is 2.11. The van der Waals surface area contributed by atoms with Gasteiger partial charge in [-0.25, -0.2) is 4.79 Å². The van der Waals surface area contributed by atoms with Gasteiger partial charge >= 0.3 is 17.7 Å². The number of carboxylic acid groups (broad SMARTS) is 1. The third-order valence-electron chi connectivity index (χ3n) is 1.93. The molecule has 1 N–H and O–H groups in total. The van der Waals surface area contributed by atoms with Crippen molar-refractivity contribution in [3.63, 3.8) is 0 Å². The number of rotatable bonds is 6. The van der Waals surface area contributed by atoms with Gasteiger partial charge in [0.25, 0.3) is 0 Å². The Labute approximate surface area is 87.1 Å². The van der Waals surface area contributed by atoms with Gasteiger partial charge in [-0.05, 0) is 0 Å². The van der Waals surface area contributed by atoms with Gasteiger partial charge in [-0.3, -0.25) is 30.3 Å². The summed E-state index contributed by atoms with van der Waals surface area (Å²) in [6.45, 7) is 0.579. The van der Waals surface area contributed by atoms with Crippen LogP contribution in [0.4, 0.5) is 0 Å². The van der Waals surface area contributed by atoms with Crippen molar-refractivity contribution in [1.29, 1.82) is 0 Å². The maximum Gasteiger partial charge on any atom is 0.458 e. The minimum atomic E-state index is -2.76. The summed E-state index contributed by atoms with van der Waals surface area (Å²) in [5.74, 6) is -1.97. The smallest absolute Gasteiger partial charge is 0.458 e. The zero-order valence-electron chi connectivity index (χ0n) is 7.93. The van der Waals surface area contributed by atoms with Crippen LogP contribution in [0.25, 0.3) is 0 Å². The van der Waals surface area contributed by atoms with Gasteiger partial charge < -0.3 is 5.11 Å². The summed E-state index contributed by atoms with van der Waals surface area (Å²) in [5.41, 5.74) is -2.76. The van der Waals surface area contributed by atoms with Crippen LogP contribution in [-0.2, 0) is 4.79 Å². The maximum atomic E-state index is 10.6. The first-order valence-corrected chi connectivity index (χ1v) is 3.77. The van der Waals surface area contributed by atoms with Crippen LogP contribution >= 0.6 is 0 Å². The molecule has 0 radical (unpaired) electrons. The molecule has 16 heavy (non-hydrogen) atoms. The Morgan fingerprint density at radius 1 is 1.25 bits per heavy atom. The minimum absolute atomic E-state index is 0.579. The zero-order chi connectivity index (χ0) is 13.1. The van der Waals surface area contributed by atoms with Crippen molar-refractivity contribution in [2.24, 2.45) is 0 Å². The molecule has 0 aliphatic carbocycles. The molecule has 0 aromatic heterocycles. The van der Waals surface area contributed by atoms with Crippen LogP contribution in [0.1, 0.15) is 13.3 Å². The van der Waals surface area contributed by atoms with E-state index in [9.17, 15) is 35.1 Å². The maximum absolute atomic E-state index is 10.6. The van der Waals surface area contributed by atoms with E-state index < -0.39 is 38.9 Å². The van der Waals surface area contributed by atoms with Gasteiger partial charge in [0.2, 0.25) is 0 Å². The number of carbonyl (C=O) groups is 1. The monoisotopic (exact) mass is 237 g/mol. The van der Waals surface area contributed by atoms with Crippen molar-refractivity contribution in [1.82, 2.24) is 0 Å². The standard InChI is InChI=1S/C5H7N3O8/c1-5(4(9)10,8(15)16)2-3(6(11)12)7(13)14/h3H,2H2,1H3,(H,9,10).